The molecule has 0 spiro atoms. The molecule has 0 unspecified atom stereocenters. The van der Waals surface area contributed by atoms with Crippen LogP contribution in [0.25, 0.3) is 39.4 Å². The third-order valence-electron chi connectivity index (χ3n) is 4.76. The molecule has 0 saturated heterocycles. The molecule has 7 heteroatoms. The van der Waals surface area contributed by atoms with E-state index >= 15 is 0 Å². The molecular formula is C23H16N4O3. The van der Waals surface area contributed by atoms with Crippen molar-refractivity contribution in [2.75, 3.05) is 7.11 Å². The number of ether oxygens (including phenoxy) is 1. The Kier molecular flexibility index (Phi) is 4.33. The van der Waals surface area contributed by atoms with Gasteiger partial charge in [0.15, 0.2) is 5.69 Å². The van der Waals surface area contributed by atoms with Crippen molar-refractivity contribution in [2.24, 2.45) is 0 Å². The van der Waals surface area contributed by atoms with E-state index in [9.17, 15) is 4.79 Å². The maximum atomic E-state index is 13.1. The number of aromatic nitrogens is 4. The van der Waals surface area contributed by atoms with Crippen LogP contribution in [0.15, 0.2) is 88.2 Å². The summed E-state index contributed by atoms with van der Waals surface area (Å²) in [5, 5.41) is 9.81. The average Bonchev–Trinajstić information content (AvgIpc) is 3.30. The molecule has 2 heterocycles. The Morgan fingerprint density at radius 3 is 2.47 bits per heavy atom. The third-order valence-corrected chi connectivity index (χ3v) is 4.76. The van der Waals surface area contributed by atoms with Crippen molar-refractivity contribution >= 4 is 10.8 Å². The van der Waals surface area contributed by atoms with Gasteiger partial charge in [0, 0.05) is 17.0 Å². The van der Waals surface area contributed by atoms with E-state index in [-0.39, 0.29) is 11.4 Å². The van der Waals surface area contributed by atoms with Crippen molar-refractivity contribution in [3.63, 3.8) is 0 Å². The van der Waals surface area contributed by atoms with Gasteiger partial charge in [-0.15, -0.1) is 0 Å². The van der Waals surface area contributed by atoms with Crippen LogP contribution in [0.1, 0.15) is 0 Å². The standard InChI is InChI=1S/C23H16N4O3/c1-29-17-11-7-10-16(14-17)27-23(28)19-13-6-5-12-18(19)20(25-27)22-24-21(26-30-22)15-8-3-2-4-9-15/h2-14H,1H3. The van der Waals surface area contributed by atoms with Crippen molar-refractivity contribution in [2.45, 2.75) is 0 Å². The minimum atomic E-state index is -0.245. The Balaban J connectivity index is 1.73. The zero-order valence-electron chi connectivity index (χ0n) is 16.0. The second-order valence-corrected chi connectivity index (χ2v) is 6.60. The van der Waals surface area contributed by atoms with Gasteiger partial charge in [0.2, 0.25) is 5.82 Å². The van der Waals surface area contributed by atoms with E-state index < -0.39 is 0 Å². The lowest BCUT2D eigenvalue weighted by molar-refractivity contribution is 0.414. The molecule has 0 amide bonds. The Morgan fingerprint density at radius 2 is 1.67 bits per heavy atom. The fraction of sp³-hybridized carbons (Fsp3) is 0.0435. The minimum absolute atomic E-state index is 0.238. The van der Waals surface area contributed by atoms with Crippen LogP contribution >= 0.6 is 0 Å². The van der Waals surface area contributed by atoms with E-state index in [1.807, 2.05) is 48.5 Å². The van der Waals surface area contributed by atoms with Crippen LogP contribution in [-0.2, 0) is 0 Å². The summed E-state index contributed by atoms with van der Waals surface area (Å²) < 4.78 is 12.1. The van der Waals surface area contributed by atoms with E-state index in [1.165, 1.54) is 4.68 Å². The monoisotopic (exact) mass is 396 g/mol. The van der Waals surface area contributed by atoms with Gasteiger partial charge in [-0.25, -0.2) is 0 Å². The summed E-state index contributed by atoms with van der Waals surface area (Å²) in [6, 6.07) is 23.9. The molecule has 7 nitrogen and oxygen atoms in total. The van der Waals surface area contributed by atoms with Crippen molar-refractivity contribution in [3.05, 3.63) is 89.2 Å². The number of benzene rings is 3. The van der Waals surface area contributed by atoms with Gasteiger partial charge in [0.1, 0.15) is 5.75 Å². The maximum absolute atomic E-state index is 13.1. The van der Waals surface area contributed by atoms with Crippen LogP contribution in [-0.4, -0.2) is 27.0 Å². The highest BCUT2D eigenvalue weighted by Crippen LogP contribution is 2.26. The molecule has 0 fully saturated rings. The Hall–Kier alpha value is -4.26. The first-order valence-electron chi connectivity index (χ1n) is 9.30. The molecule has 5 aromatic rings. The Morgan fingerprint density at radius 1 is 0.900 bits per heavy atom. The van der Waals surface area contributed by atoms with Gasteiger partial charge in [-0.3, -0.25) is 4.79 Å². The molecule has 0 atom stereocenters. The van der Waals surface area contributed by atoms with Crippen molar-refractivity contribution in [3.8, 4) is 34.4 Å². The van der Waals surface area contributed by atoms with Crippen LogP contribution < -0.4 is 10.3 Å². The lowest BCUT2D eigenvalue weighted by Gasteiger charge is -2.10. The summed E-state index contributed by atoms with van der Waals surface area (Å²) >= 11 is 0. The van der Waals surface area contributed by atoms with Gasteiger partial charge < -0.3 is 9.26 Å². The molecule has 0 saturated carbocycles. The first-order valence-corrected chi connectivity index (χ1v) is 9.30. The van der Waals surface area contributed by atoms with E-state index in [2.05, 4.69) is 15.2 Å². The number of methoxy groups -OCH3 is 1. The molecule has 0 radical (unpaired) electrons. The Bertz CT molecular complexity index is 1410. The van der Waals surface area contributed by atoms with E-state index in [4.69, 9.17) is 9.26 Å². The van der Waals surface area contributed by atoms with Crippen molar-refractivity contribution < 1.29 is 9.26 Å². The van der Waals surface area contributed by atoms with E-state index in [1.54, 1.807) is 37.4 Å². The second-order valence-electron chi connectivity index (χ2n) is 6.60. The third kappa shape index (κ3) is 3.02. The highest BCUT2D eigenvalue weighted by Gasteiger charge is 2.19. The fourth-order valence-electron chi connectivity index (χ4n) is 3.29. The van der Waals surface area contributed by atoms with Gasteiger partial charge in [-0.2, -0.15) is 14.8 Å². The zero-order chi connectivity index (χ0) is 20.5. The van der Waals surface area contributed by atoms with Crippen LogP contribution in [0.5, 0.6) is 5.75 Å². The molecule has 0 aliphatic carbocycles. The van der Waals surface area contributed by atoms with Crippen LogP contribution in [0, 0.1) is 0 Å². The van der Waals surface area contributed by atoms with Crippen LogP contribution in [0.4, 0.5) is 0 Å². The Labute approximate surface area is 171 Å². The summed E-state index contributed by atoms with van der Waals surface area (Å²) in [4.78, 5) is 17.7. The maximum Gasteiger partial charge on any atom is 0.279 e. The second kappa shape index (κ2) is 7.29. The summed E-state index contributed by atoms with van der Waals surface area (Å²) in [6.07, 6.45) is 0. The van der Waals surface area contributed by atoms with Gasteiger partial charge in [0.25, 0.3) is 11.4 Å². The van der Waals surface area contributed by atoms with Gasteiger partial charge in [-0.05, 0) is 18.2 Å². The van der Waals surface area contributed by atoms with Crippen LogP contribution in [0.2, 0.25) is 0 Å². The summed E-state index contributed by atoms with van der Waals surface area (Å²) in [5.74, 6) is 1.32. The van der Waals surface area contributed by atoms with Gasteiger partial charge in [0.05, 0.1) is 18.2 Å². The molecule has 0 aliphatic heterocycles. The first kappa shape index (κ1) is 17.8. The highest BCUT2D eigenvalue weighted by atomic mass is 16.5. The molecule has 0 bridgehead atoms. The topological polar surface area (TPSA) is 83.0 Å². The number of fused-ring (bicyclic) bond motifs is 1. The molecule has 3 aromatic carbocycles. The minimum Gasteiger partial charge on any atom is -0.497 e. The quantitative estimate of drug-likeness (QED) is 0.455. The smallest absolute Gasteiger partial charge is 0.279 e. The largest absolute Gasteiger partial charge is 0.497 e. The van der Waals surface area contributed by atoms with E-state index in [0.717, 1.165) is 5.56 Å². The molecule has 5 rings (SSSR count). The molecular weight excluding hydrogens is 380 g/mol. The number of hydrogen-bond donors (Lipinski definition) is 0. The SMILES string of the molecule is COc1cccc(-n2nc(-c3nc(-c4ccccc4)no3)c3ccccc3c2=O)c1. The van der Waals surface area contributed by atoms with E-state index in [0.29, 0.717) is 33.7 Å². The summed E-state index contributed by atoms with van der Waals surface area (Å²) in [6.45, 7) is 0. The fourth-order valence-corrected chi connectivity index (χ4v) is 3.29. The molecule has 146 valence electrons. The number of rotatable bonds is 4. The summed E-state index contributed by atoms with van der Waals surface area (Å²) in [5.41, 5.74) is 1.60. The lowest BCUT2D eigenvalue weighted by atomic mass is 10.1. The van der Waals surface area contributed by atoms with Gasteiger partial charge >= 0.3 is 0 Å². The molecule has 2 aromatic heterocycles. The number of hydrogen-bond acceptors (Lipinski definition) is 6. The van der Waals surface area contributed by atoms with Gasteiger partial charge in [-0.1, -0.05) is 59.8 Å². The van der Waals surface area contributed by atoms with Crippen LogP contribution in [0.3, 0.4) is 0 Å². The zero-order valence-corrected chi connectivity index (χ0v) is 16.0. The number of nitrogens with zero attached hydrogens (tertiary/aromatic N) is 4. The predicted octanol–water partition coefficient (Wildman–Crippen LogP) is 4.11. The lowest BCUT2D eigenvalue weighted by Crippen LogP contribution is -2.22. The highest BCUT2D eigenvalue weighted by molar-refractivity contribution is 5.92. The van der Waals surface area contributed by atoms with Crippen molar-refractivity contribution in [1.29, 1.82) is 0 Å². The molecule has 0 N–H and O–H groups in total. The average molecular weight is 396 g/mol. The molecule has 30 heavy (non-hydrogen) atoms. The molecule has 0 aliphatic rings. The first-order chi connectivity index (χ1) is 14.7. The predicted molar refractivity (Wildman–Crippen MR) is 113 cm³/mol. The normalized spacial score (nSPS) is 11.0. The van der Waals surface area contributed by atoms with Crippen molar-refractivity contribution in [1.82, 2.24) is 19.9 Å². The summed E-state index contributed by atoms with van der Waals surface area (Å²) in [7, 11) is 1.57.